The van der Waals surface area contributed by atoms with Gasteiger partial charge in [0, 0.05) is 6.42 Å². The minimum Gasteiger partial charge on any atom is -0.466 e. The van der Waals surface area contributed by atoms with Gasteiger partial charge in [0.05, 0.1) is 19.3 Å². The molecule has 0 amide bonds. The van der Waals surface area contributed by atoms with Crippen molar-refractivity contribution in [2.75, 3.05) is 6.61 Å². The van der Waals surface area contributed by atoms with Gasteiger partial charge in [-0.2, -0.15) is 0 Å². The van der Waals surface area contributed by atoms with Crippen LogP contribution >= 0.6 is 0 Å². The third kappa shape index (κ3) is 17.5. The molecule has 1 heterocycles. The number of furan rings is 1. The van der Waals surface area contributed by atoms with Crippen LogP contribution in [0.2, 0.25) is 0 Å². The summed E-state index contributed by atoms with van der Waals surface area (Å²) >= 11 is 0. The zero-order chi connectivity index (χ0) is 17.4. The molecule has 0 aliphatic heterocycles. The minimum absolute atomic E-state index is 0.0185. The molecule has 0 unspecified atom stereocenters. The fraction of sp³-hybridized carbons (Fsp3) is 0.375. The fourth-order valence-corrected chi connectivity index (χ4v) is 0.870. The average molecular weight is 310 g/mol. The van der Waals surface area contributed by atoms with Gasteiger partial charge in [-0.15, -0.1) is 0 Å². The predicted octanol–water partition coefficient (Wildman–Crippen LogP) is 2.77. The number of hydrogen-bond donors (Lipinski definition) is 0. The molecule has 0 aliphatic rings. The van der Waals surface area contributed by atoms with Crippen LogP contribution in [0.4, 0.5) is 0 Å². The van der Waals surface area contributed by atoms with Crippen LogP contribution in [0, 0.1) is 0 Å². The molecule has 0 saturated carbocycles. The number of ether oxygens (including phenoxy) is 1. The van der Waals surface area contributed by atoms with Gasteiger partial charge < -0.3 is 13.9 Å². The van der Waals surface area contributed by atoms with Crippen molar-refractivity contribution >= 4 is 23.8 Å². The third-order valence-corrected chi connectivity index (χ3v) is 1.93. The van der Waals surface area contributed by atoms with Crippen LogP contribution in [0.5, 0.6) is 0 Å². The zero-order valence-corrected chi connectivity index (χ0v) is 13.2. The van der Waals surface area contributed by atoms with E-state index in [0.717, 1.165) is 0 Å². The molecular weight excluding hydrogens is 288 g/mol. The lowest BCUT2D eigenvalue weighted by atomic mass is 10.2. The highest BCUT2D eigenvalue weighted by Gasteiger charge is 2.02. The Bertz CT molecular complexity index is 459. The molecule has 0 aromatic carbocycles. The number of allylic oxidation sites excluding steroid dienone is 1. The lowest BCUT2D eigenvalue weighted by Gasteiger charge is -1.97. The first-order valence-electron chi connectivity index (χ1n) is 6.64. The van der Waals surface area contributed by atoms with Crippen LogP contribution in [-0.2, 0) is 19.1 Å². The largest absolute Gasteiger partial charge is 0.466 e. The Morgan fingerprint density at radius 1 is 1.27 bits per heavy atom. The monoisotopic (exact) mass is 310 g/mol. The molecule has 0 atom stereocenters. The highest BCUT2D eigenvalue weighted by atomic mass is 16.5. The van der Waals surface area contributed by atoms with E-state index in [1.807, 2.05) is 0 Å². The van der Waals surface area contributed by atoms with Gasteiger partial charge in [-0.1, -0.05) is 6.58 Å². The molecule has 0 saturated heterocycles. The van der Waals surface area contributed by atoms with Crippen LogP contribution in [0.1, 0.15) is 44.2 Å². The topological polar surface area (TPSA) is 90.7 Å². The normalized spacial score (nSPS) is 8.32. The van der Waals surface area contributed by atoms with Gasteiger partial charge in [0.25, 0.3) is 0 Å². The van der Waals surface area contributed by atoms with Crippen molar-refractivity contribution in [3.05, 3.63) is 36.8 Å². The van der Waals surface area contributed by atoms with Crippen molar-refractivity contribution in [2.24, 2.45) is 0 Å². The van der Waals surface area contributed by atoms with E-state index < -0.39 is 0 Å². The number of esters is 1. The van der Waals surface area contributed by atoms with Crippen molar-refractivity contribution < 1.29 is 28.3 Å². The maximum absolute atomic E-state index is 10.6. The molecule has 0 spiro atoms. The molecule has 0 aliphatic carbocycles. The number of ketones is 2. The van der Waals surface area contributed by atoms with E-state index in [-0.39, 0.29) is 24.0 Å². The summed E-state index contributed by atoms with van der Waals surface area (Å²) in [6.45, 7) is 8.26. The second-order valence-corrected chi connectivity index (χ2v) is 3.96. The summed E-state index contributed by atoms with van der Waals surface area (Å²) in [6.07, 6.45) is 3.91. The summed E-state index contributed by atoms with van der Waals surface area (Å²) in [5.41, 5.74) is 0. The second-order valence-electron chi connectivity index (χ2n) is 3.96. The fourth-order valence-electron chi connectivity index (χ4n) is 0.870. The number of carbonyl (C=O) groups is 4. The maximum Gasteiger partial charge on any atom is 0.306 e. The Labute approximate surface area is 130 Å². The Morgan fingerprint density at radius 3 is 2.14 bits per heavy atom. The van der Waals surface area contributed by atoms with E-state index in [0.29, 0.717) is 25.1 Å². The first-order chi connectivity index (χ1) is 10.4. The Kier molecular flexibility index (Phi) is 14.8. The van der Waals surface area contributed by atoms with Crippen molar-refractivity contribution in [1.29, 1.82) is 0 Å². The van der Waals surface area contributed by atoms with Gasteiger partial charge in [0.1, 0.15) is 5.78 Å². The van der Waals surface area contributed by atoms with E-state index in [1.54, 1.807) is 19.1 Å². The Hall–Kier alpha value is -2.50. The van der Waals surface area contributed by atoms with Crippen molar-refractivity contribution in [3.8, 4) is 0 Å². The SMILES string of the molecule is C=CC(C)=O.CCOC(=O)CCC(C)=O.O=Cc1ccco1. The molecule has 0 radical (unpaired) electrons. The van der Waals surface area contributed by atoms with Crippen molar-refractivity contribution in [3.63, 3.8) is 0 Å². The van der Waals surface area contributed by atoms with Gasteiger partial charge in [0.15, 0.2) is 17.8 Å². The molecule has 1 aromatic heterocycles. The quantitative estimate of drug-likeness (QED) is 0.456. The number of aldehydes is 1. The molecular formula is C16H22O6. The molecule has 1 aromatic rings. The van der Waals surface area contributed by atoms with Crippen LogP contribution in [-0.4, -0.2) is 30.4 Å². The molecule has 6 heteroatoms. The lowest BCUT2D eigenvalue weighted by molar-refractivity contribution is -0.144. The number of hydrogen-bond acceptors (Lipinski definition) is 6. The maximum atomic E-state index is 10.6. The third-order valence-electron chi connectivity index (χ3n) is 1.93. The van der Waals surface area contributed by atoms with E-state index in [9.17, 15) is 19.2 Å². The molecule has 0 fully saturated rings. The van der Waals surface area contributed by atoms with Crippen LogP contribution in [0.15, 0.2) is 35.5 Å². The lowest BCUT2D eigenvalue weighted by Crippen LogP contribution is -2.05. The van der Waals surface area contributed by atoms with Gasteiger partial charge in [-0.25, -0.2) is 0 Å². The smallest absolute Gasteiger partial charge is 0.306 e. The van der Waals surface area contributed by atoms with E-state index in [2.05, 4.69) is 15.7 Å². The van der Waals surface area contributed by atoms with Crippen LogP contribution in [0.25, 0.3) is 0 Å². The summed E-state index contributed by atoms with van der Waals surface area (Å²) in [5, 5.41) is 0. The van der Waals surface area contributed by atoms with E-state index >= 15 is 0 Å². The molecule has 6 nitrogen and oxygen atoms in total. The summed E-state index contributed by atoms with van der Waals surface area (Å²) in [6, 6.07) is 3.27. The zero-order valence-electron chi connectivity index (χ0n) is 13.2. The first kappa shape index (κ1) is 21.8. The summed E-state index contributed by atoms with van der Waals surface area (Å²) in [5.74, 6) is 0.121. The molecule has 0 N–H and O–H groups in total. The number of rotatable bonds is 6. The molecule has 22 heavy (non-hydrogen) atoms. The number of Topliss-reactive ketones (excluding diaryl/α,β-unsaturated/α-hetero) is 1. The Morgan fingerprint density at radius 2 is 1.86 bits per heavy atom. The molecule has 0 bridgehead atoms. The van der Waals surface area contributed by atoms with Crippen molar-refractivity contribution in [1.82, 2.24) is 0 Å². The van der Waals surface area contributed by atoms with Gasteiger partial charge in [-0.3, -0.25) is 14.4 Å². The van der Waals surface area contributed by atoms with E-state index in [4.69, 9.17) is 0 Å². The van der Waals surface area contributed by atoms with Crippen LogP contribution < -0.4 is 0 Å². The molecule has 122 valence electrons. The first-order valence-corrected chi connectivity index (χ1v) is 6.64. The van der Waals surface area contributed by atoms with Crippen molar-refractivity contribution in [2.45, 2.75) is 33.6 Å². The molecule has 1 rings (SSSR count). The predicted molar refractivity (Wildman–Crippen MR) is 81.5 cm³/mol. The van der Waals surface area contributed by atoms with Gasteiger partial charge >= 0.3 is 5.97 Å². The second kappa shape index (κ2) is 14.9. The highest BCUT2D eigenvalue weighted by molar-refractivity contribution is 5.86. The standard InChI is InChI=1S/C7H12O3.C5H4O2.C4H6O/c1-3-10-7(9)5-4-6(2)8;6-4-5-2-1-3-7-5;1-3-4(2)5/h3-5H2,1-2H3;1-4H;3H,1H2,2H3. The Balaban J connectivity index is 0. The summed E-state index contributed by atoms with van der Waals surface area (Å²) < 4.78 is 9.22. The van der Waals surface area contributed by atoms with Gasteiger partial charge in [-0.05, 0) is 39.0 Å². The summed E-state index contributed by atoms with van der Waals surface area (Å²) in [4.78, 5) is 40.4. The number of carbonyl (C=O) groups excluding carboxylic acids is 4. The minimum atomic E-state index is -0.294. The van der Waals surface area contributed by atoms with Gasteiger partial charge in [0.2, 0.25) is 0 Å². The van der Waals surface area contributed by atoms with Crippen LogP contribution in [0.3, 0.4) is 0 Å². The average Bonchev–Trinajstić information content (AvgIpc) is 3.00. The highest BCUT2D eigenvalue weighted by Crippen LogP contribution is 1.93. The van der Waals surface area contributed by atoms with E-state index in [1.165, 1.54) is 26.2 Å². The summed E-state index contributed by atoms with van der Waals surface area (Å²) in [7, 11) is 0.